The average Bonchev–Trinajstić information content (AvgIpc) is 3.15. The molecule has 2 aliphatic rings. The Hall–Kier alpha value is -3.69. The van der Waals surface area contributed by atoms with E-state index in [4.69, 9.17) is 14.0 Å². The number of benzene rings is 2. The number of hydrogen-bond donors (Lipinski definition) is 1. The summed E-state index contributed by atoms with van der Waals surface area (Å²) < 4.78 is 44.9. The molecule has 10 heteroatoms. The monoisotopic (exact) mass is 428 g/mol. The van der Waals surface area contributed by atoms with Gasteiger partial charge in [-0.3, -0.25) is 4.79 Å². The van der Waals surface area contributed by atoms with Crippen LogP contribution < -0.4 is 19.7 Å². The Labute approximate surface area is 175 Å². The summed E-state index contributed by atoms with van der Waals surface area (Å²) >= 11 is 0. The zero-order valence-corrected chi connectivity index (χ0v) is 16.5. The van der Waals surface area contributed by atoms with Gasteiger partial charge in [-0.2, -0.15) is 4.98 Å². The van der Waals surface area contributed by atoms with E-state index < -0.39 is 11.6 Å². The molecule has 3 aromatic rings. The molecular formula is C21H18F2N4O4. The molecule has 5 rings (SSSR count). The fourth-order valence-electron chi connectivity index (χ4n) is 3.77. The van der Waals surface area contributed by atoms with E-state index in [0.717, 1.165) is 0 Å². The van der Waals surface area contributed by atoms with E-state index in [2.05, 4.69) is 15.5 Å². The lowest BCUT2D eigenvalue weighted by molar-refractivity contribution is -0.118. The van der Waals surface area contributed by atoms with Crippen molar-refractivity contribution >= 4 is 17.3 Å². The minimum Gasteiger partial charge on any atom is -0.489 e. The number of hydrogen-bond acceptors (Lipinski definition) is 7. The first-order valence-corrected chi connectivity index (χ1v) is 9.69. The number of nitrogens with zero attached hydrogens (tertiary/aromatic N) is 3. The van der Waals surface area contributed by atoms with Gasteiger partial charge in [0.2, 0.25) is 5.89 Å². The van der Waals surface area contributed by atoms with Crippen molar-refractivity contribution in [3.63, 3.8) is 0 Å². The highest BCUT2D eigenvalue weighted by molar-refractivity contribution is 5.95. The molecule has 0 saturated carbocycles. The average molecular weight is 428 g/mol. The molecule has 8 nitrogen and oxygen atoms in total. The molecule has 0 aliphatic carbocycles. The number of ether oxygens (including phenoxy) is 2. The highest BCUT2D eigenvalue weighted by Crippen LogP contribution is 2.38. The second-order valence-corrected chi connectivity index (χ2v) is 7.42. The van der Waals surface area contributed by atoms with Crippen molar-refractivity contribution in [1.29, 1.82) is 0 Å². The number of rotatable bonds is 4. The molecule has 31 heavy (non-hydrogen) atoms. The molecule has 1 N–H and O–H groups in total. The Morgan fingerprint density at radius 2 is 2.06 bits per heavy atom. The number of carbonyl (C=O) groups excluding carboxylic acids is 1. The van der Waals surface area contributed by atoms with Crippen LogP contribution in [0.5, 0.6) is 11.5 Å². The maximum atomic E-state index is 14.9. The van der Waals surface area contributed by atoms with Crippen molar-refractivity contribution in [3.05, 3.63) is 59.2 Å². The number of aromatic nitrogens is 2. The van der Waals surface area contributed by atoms with Gasteiger partial charge in [0.15, 0.2) is 12.4 Å². The molecule has 2 aromatic carbocycles. The van der Waals surface area contributed by atoms with E-state index in [1.54, 1.807) is 19.1 Å². The van der Waals surface area contributed by atoms with Crippen LogP contribution >= 0.6 is 0 Å². The first-order valence-electron chi connectivity index (χ1n) is 9.69. The standard InChI is InChI=1S/C21H18F2N4O4/c1-11-24-21(31-26-11)6-14-9-29-19-5-13(22)2-3-17(19)27(14)8-12-4-16-18(7-15(12)23)30-10-20(28)25-16/h2-5,7,14H,6,8-10H2,1H3,(H,25,28)/t14-/m0/s1. The maximum Gasteiger partial charge on any atom is 0.262 e. The van der Waals surface area contributed by atoms with Crippen molar-refractivity contribution in [1.82, 2.24) is 10.1 Å². The molecule has 160 valence electrons. The quantitative estimate of drug-likeness (QED) is 0.683. The Morgan fingerprint density at radius 3 is 2.87 bits per heavy atom. The zero-order valence-electron chi connectivity index (χ0n) is 16.5. The number of carbonyl (C=O) groups is 1. The van der Waals surface area contributed by atoms with E-state index in [1.807, 2.05) is 4.90 Å². The number of nitrogens with one attached hydrogen (secondary N) is 1. The predicted octanol–water partition coefficient (Wildman–Crippen LogP) is 3.00. The molecule has 1 aromatic heterocycles. The lowest BCUT2D eigenvalue weighted by atomic mass is 10.1. The molecule has 0 unspecified atom stereocenters. The summed E-state index contributed by atoms with van der Waals surface area (Å²) in [4.78, 5) is 17.8. The molecule has 0 saturated heterocycles. The third kappa shape index (κ3) is 3.76. The van der Waals surface area contributed by atoms with Gasteiger partial charge < -0.3 is 24.2 Å². The van der Waals surface area contributed by atoms with Gasteiger partial charge in [0.25, 0.3) is 5.91 Å². The molecule has 0 fully saturated rings. The Bertz CT molecular complexity index is 1170. The SMILES string of the molecule is Cc1noc(C[C@H]2COc3cc(F)ccc3N2Cc2cc3c(cc2F)OCC(=O)N3)n1. The second kappa shape index (κ2) is 7.53. The smallest absolute Gasteiger partial charge is 0.262 e. The predicted molar refractivity (Wildman–Crippen MR) is 105 cm³/mol. The molecule has 1 amide bonds. The van der Waals surface area contributed by atoms with E-state index >= 15 is 0 Å². The zero-order chi connectivity index (χ0) is 21.5. The van der Waals surface area contributed by atoms with Gasteiger partial charge in [-0.05, 0) is 25.1 Å². The Balaban J connectivity index is 1.50. The number of anilines is 2. The first-order chi connectivity index (χ1) is 15.0. The van der Waals surface area contributed by atoms with Gasteiger partial charge in [0, 0.05) is 24.2 Å². The maximum absolute atomic E-state index is 14.9. The third-order valence-electron chi connectivity index (χ3n) is 5.21. The van der Waals surface area contributed by atoms with Crippen molar-refractivity contribution in [2.45, 2.75) is 25.9 Å². The summed E-state index contributed by atoms with van der Waals surface area (Å²) in [5, 5.41) is 6.50. The number of amides is 1. The highest BCUT2D eigenvalue weighted by atomic mass is 19.1. The normalized spacial score (nSPS) is 17.3. The minimum atomic E-state index is -0.475. The number of fused-ring (bicyclic) bond motifs is 2. The fraction of sp³-hybridized carbons (Fsp3) is 0.286. The van der Waals surface area contributed by atoms with Gasteiger partial charge in [-0.25, -0.2) is 8.78 Å². The van der Waals surface area contributed by atoms with E-state index in [0.29, 0.717) is 40.8 Å². The molecule has 3 heterocycles. The summed E-state index contributed by atoms with van der Waals surface area (Å²) in [5.74, 6) is 0.380. The summed E-state index contributed by atoms with van der Waals surface area (Å²) in [6.07, 6.45) is 0.365. The fourth-order valence-corrected chi connectivity index (χ4v) is 3.77. The van der Waals surface area contributed by atoms with Gasteiger partial charge in [0.05, 0.1) is 23.8 Å². The lowest BCUT2D eigenvalue weighted by Crippen LogP contribution is -2.44. The number of halogens is 2. The van der Waals surface area contributed by atoms with Crippen LogP contribution in [0.4, 0.5) is 20.2 Å². The molecule has 1 atom stereocenters. The van der Waals surface area contributed by atoms with Crippen LogP contribution in [0.2, 0.25) is 0 Å². The van der Waals surface area contributed by atoms with Crippen LogP contribution in [-0.2, 0) is 17.8 Å². The van der Waals surface area contributed by atoms with Crippen molar-refractivity contribution in [3.8, 4) is 11.5 Å². The van der Waals surface area contributed by atoms with Crippen LogP contribution in [0.1, 0.15) is 17.3 Å². The Morgan fingerprint density at radius 1 is 1.19 bits per heavy atom. The third-order valence-corrected chi connectivity index (χ3v) is 5.21. The van der Waals surface area contributed by atoms with Gasteiger partial charge in [-0.1, -0.05) is 5.16 Å². The molecule has 0 spiro atoms. The minimum absolute atomic E-state index is 0.148. The van der Waals surface area contributed by atoms with Crippen LogP contribution in [0.25, 0.3) is 0 Å². The van der Waals surface area contributed by atoms with Crippen LogP contribution in [-0.4, -0.2) is 35.3 Å². The molecule has 0 radical (unpaired) electrons. The summed E-state index contributed by atoms with van der Waals surface area (Å²) in [6, 6.07) is 6.76. The summed E-state index contributed by atoms with van der Waals surface area (Å²) in [5.41, 5.74) is 1.36. The Kier molecular flexibility index (Phi) is 4.68. The number of aryl methyl sites for hydroxylation is 1. The van der Waals surface area contributed by atoms with Crippen molar-refractivity contribution < 1.29 is 27.6 Å². The van der Waals surface area contributed by atoms with Crippen molar-refractivity contribution in [2.75, 3.05) is 23.4 Å². The van der Waals surface area contributed by atoms with Gasteiger partial charge >= 0.3 is 0 Å². The topological polar surface area (TPSA) is 89.7 Å². The second-order valence-electron chi connectivity index (χ2n) is 7.42. The largest absolute Gasteiger partial charge is 0.489 e. The molecule has 0 bridgehead atoms. The molecular weight excluding hydrogens is 410 g/mol. The highest BCUT2D eigenvalue weighted by Gasteiger charge is 2.31. The van der Waals surface area contributed by atoms with Crippen molar-refractivity contribution in [2.24, 2.45) is 0 Å². The van der Waals surface area contributed by atoms with Crippen LogP contribution in [0, 0.1) is 18.6 Å². The van der Waals surface area contributed by atoms with Gasteiger partial charge in [0.1, 0.15) is 29.7 Å². The van der Waals surface area contributed by atoms with Crippen LogP contribution in [0.3, 0.4) is 0 Å². The van der Waals surface area contributed by atoms with E-state index in [-0.39, 0.29) is 37.5 Å². The lowest BCUT2D eigenvalue weighted by Gasteiger charge is -2.38. The van der Waals surface area contributed by atoms with E-state index in [1.165, 1.54) is 18.2 Å². The van der Waals surface area contributed by atoms with E-state index in [9.17, 15) is 13.6 Å². The first kappa shape index (κ1) is 19.3. The summed E-state index contributed by atoms with van der Waals surface area (Å²) in [6.45, 7) is 1.94. The van der Waals surface area contributed by atoms with Gasteiger partial charge in [-0.15, -0.1) is 0 Å². The van der Waals surface area contributed by atoms with Crippen LogP contribution in [0.15, 0.2) is 34.9 Å². The molecule has 2 aliphatic heterocycles. The summed E-state index contributed by atoms with van der Waals surface area (Å²) in [7, 11) is 0.